The van der Waals surface area contributed by atoms with Crippen LogP contribution in [0.25, 0.3) is 0 Å². The quantitative estimate of drug-likeness (QED) is 0.756. The van der Waals surface area contributed by atoms with Crippen LogP contribution < -0.4 is 4.90 Å². The zero-order valence-corrected chi connectivity index (χ0v) is 8.82. The summed E-state index contributed by atoms with van der Waals surface area (Å²) in [5.74, 6) is 0.667. The molecule has 1 N–H and O–H groups in total. The number of hydrogen-bond donors (Lipinski definition) is 1. The lowest BCUT2D eigenvalue weighted by molar-refractivity contribution is 0.483. The number of pyridine rings is 1. The summed E-state index contributed by atoms with van der Waals surface area (Å²) in [6.45, 7) is 2.73. The minimum absolute atomic E-state index is 0.189. The van der Waals surface area contributed by atoms with E-state index in [1.165, 1.54) is 6.07 Å². The molecule has 1 rings (SSSR count). The summed E-state index contributed by atoms with van der Waals surface area (Å²) in [7, 11) is -2.29. The summed E-state index contributed by atoms with van der Waals surface area (Å²) >= 11 is 0. The molecular formula is C8H12N2O3S. The van der Waals surface area contributed by atoms with Crippen molar-refractivity contribution in [1.82, 2.24) is 4.98 Å². The molecule has 78 valence electrons. The maximum atomic E-state index is 10.7. The van der Waals surface area contributed by atoms with Gasteiger partial charge in [0.1, 0.15) is 10.7 Å². The summed E-state index contributed by atoms with van der Waals surface area (Å²) in [5.41, 5.74) is 0. The van der Waals surface area contributed by atoms with Crippen LogP contribution in [-0.2, 0) is 10.1 Å². The monoisotopic (exact) mass is 216 g/mol. The first kappa shape index (κ1) is 10.9. The number of aromatic nitrogens is 1. The second kappa shape index (κ2) is 3.93. The van der Waals surface area contributed by atoms with Crippen molar-refractivity contribution >= 4 is 15.9 Å². The van der Waals surface area contributed by atoms with E-state index in [0.717, 1.165) is 12.7 Å². The van der Waals surface area contributed by atoms with Gasteiger partial charge in [-0.15, -0.1) is 0 Å². The highest BCUT2D eigenvalue weighted by atomic mass is 32.2. The Morgan fingerprint density at radius 1 is 1.50 bits per heavy atom. The molecule has 0 aromatic carbocycles. The Hall–Kier alpha value is -1.14. The van der Waals surface area contributed by atoms with Crippen LogP contribution in [-0.4, -0.2) is 31.5 Å². The molecule has 14 heavy (non-hydrogen) atoms. The van der Waals surface area contributed by atoms with Crippen LogP contribution in [0.3, 0.4) is 0 Å². The Morgan fingerprint density at radius 2 is 2.14 bits per heavy atom. The molecule has 0 aliphatic rings. The van der Waals surface area contributed by atoms with Gasteiger partial charge in [0.15, 0.2) is 0 Å². The summed E-state index contributed by atoms with van der Waals surface area (Å²) < 4.78 is 30.1. The van der Waals surface area contributed by atoms with Crippen LogP contribution in [0.2, 0.25) is 0 Å². The maximum Gasteiger partial charge on any atom is 0.296 e. The highest BCUT2D eigenvalue weighted by Gasteiger charge is 2.09. The molecule has 5 nitrogen and oxygen atoms in total. The third-order valence-corrected chi connectivity index (χ3v) is 2.72. The van der Waals surface area contributed by atoms with Crippen molar-refractivity contribution in [2.24, 2.45) is 0 Å². The molecule has 0 unspecified atom stereocenters. The van der Waals surface area contributed by atoms with Crippen molar-refractivity contribution < 1.29 is 13.0 Å². The van der Waals surface area contributed by atoms with Gasteiger partial charge < -0.3 is 4.90 Å². The Labute approximate surface area is 83.1 Å². The fraction of sp³-hybridized carbons (Fsp3) is 0.375. The first-order chi connectivity index (χ1) is 6.45. The van der Waals surface area contributed by atoms with Crippen molar-refractivity contribution in [3.05, 3.63) is 18.3 Å². The fourth-order valence-electron chi connectivity index (χ4n) is 0.913. The van der Waals surface area contributed by atoms with E-state index < -0.39 is 10.1 Å². The minimum Gasteiger partial charge on any atom is -0.360 e. The van der Waals surface area contributed by atoms with Gasteiger partial charge in [-0.05, 0) is 19.1 Å². The van der Waals surface area contributed by atoms with Crippen molar-refractivity contribution in [2.75, 3.05) is 18.5 Å². The van der Waals surface area contributed by atoms with Gasteiger partial charge in [-0.1, -0.05) is 0 Å². The lowest BCUT2D eigenvalue weighted by Gasteiger charge is -2.14. The average molecular weight is 216 g/mol. The highest BCUT2D eigenvalue weighted by Crippen LogP contribution is 2.12. The molecule has 0 radical (unpaired) electrons. The predicted octanol–water partition coefficient (Wildman–Crippen LogP) is 0.784. The molecule has 1 aromatic rings. The van der Waals surface area contributed by atoms with Crippen LogP contribution >= 0.6 is 0 Å². The molecule has 1 heterocycles. The number of hydrogen-bond acceptors (Lipinski definition) is 4. The molecule has 1 aromatic heterocycles. The SMILES string of the molecule is CCN(C)c1ccc(S(=O)(=O)O)cn1. The third-order valence-electron chi connectivity index (χ3n) is 1.88. The molecule has 0 bridgehead atoms. The van der Waals surface area contributed by atoms with Gasteiger partial charge in [-0.3, -0.25) is 4.55 Å². The number of nitrogens with zero attached hydrogens (tertiary/aromatic N) is 2. The van der Waals surface area contributed by atoms with E-state index in [9.17, 15) is 8.42 Å². The second-order valence-corrected chi connectivity index (χ2v) is 4.26. The molecule has 0 saturated carbocycles. The summed E-state index contributed by atoms with van der Waals surface area (Å²) in [4.78, 5) is 5.57. The lowest BCUT2D eigenvalue weighted by atomic mass is 10.4. The first-order valence-electron chi connectivity index (χ1n) is 4.10. The smallest absolute Gasteiger partial charge is 0.296 e. The predicted molar refractivity (Wildman–Crippen MR) is 53.0 cm³/mol. The van der Waals surface area contributed by atoms with Gasteiger partial charge in [0.2, 0.25) is 0 Å². The van der Waals surface area contributed by atoms with E-state index in [0.29, 0.717) is 5.82 Å². The second-order valence-electron chi connectivity index (χ2n) is 2.84. The molecule has 0 fully saturated rings. The van der Waals surface area contributed by atoms with Crippen LogP contribution in [0.4, 0.5) is 5.82 Å². The van der Waals surface area contributed by atoms with Gasteiger partial charge in [-0.2, -0.15) is 8.42 Å². The third kappa shape index (κ3) is 2.43. The van der Waals surface area contributed by atoms with Crippen LogP contribution in [0.1, 0.15) is 6.92 Å². The van der Waals surface area contributed by atoms with Crippen LogP contribution in [0, 0.1) is 0 Å². The zero-order chi connectivity index (χ0) is 10.8. The summed E-state index contributed by atoms with van der Waals surface area (Å²) in [6, 6.07) is 2.87. The van der Waals surface area contributed by atoms with E-state index >= 15 is 0 Å². The Balaban J connectivity index is 3.01. The van der Waals surface area contributed by atoms with E-state index in [4.69, 9.17) is 4.55 Å². The normalized spacial score (nSPS) is 11.4. The van der Waals surface area contributed by atoms with E-state index in [-0.39, 0.29) is 4.90 Å². The fourth-order valence-corrected chi connectivity index (χ4v) is 1.34. The van der Waals surface area contributed by atoms with Crippen LogP contribution in [0.5, 0.6) is 0 Å². The van der Waals surface area contributed by atoms with Gasteiger partial charge >= 0.3 is 0 Å². The molecule has 0 spiro atoms. The molecule has 0 atom stereocenters. The summed E-state index contributed by atoms with van der Waals surface area (Å²) in [5, 5.41) is 0. The van der Waals surface area contributed by atoms with E-state index in [2.05, 4.69) is 4.98 Å². The average Bonchev–Trinajstić information content (AvgIpc) is 2.15. The molecule has 0 aliphatic carbocycles. The molecule has 0 saturated heterocycles. The molecule has 0 amide bonds. The standard InChI is InChI=1S/C8H12N2O3S/c1-3-10(2)8-5-4-7(6-9-8)14(11,12)13/h4-6H,3H2,1-2H3,(H,11,12,13). The van der Waals surface area contributed by atoms with Gasteiger partial charge in [0, 0.05) is 13.6 Å². The molecule has 0 aliphatic heterocycles. The van der Waals surface area contributed by atoms with E-state index in [1.807, 2.05) is 18.9 Å². The Kier molecular flexibility index (Phi) is 3.07. The number of rotatable bonds is 3. The Morgan fingerprint density at radius 3 is 2.50 bits per heavy atom. The summed E-state index contributed by atoms with van der Waals surface area (Å²) in [6.07, 6.45) is 1.14. The van der Waals surface area contributed by atoms with Crippen molar-refractivity contribution in [2.45, 2.75) is 11.8 Å². The topological polar surface area (TPSA) is 70.5 Å². The van der Waals surface area contributed by atoms with Gasteiger partial charge in [0.25, 0.3) is 10.1 Å². The van der Waals surface area contributed by atoms with Crippen LogP contribution in [0.15, 0.2) is 23.2 Å². The minimum atomic E-state index is -4.13. The van der Waals surface area contributed by atoms with Crippen molar-refractivity contribution in [3.63, 3.8) is 0 Å². The largest absolute Gasteiger partial charge is 0.360 e. The lowest BCUT2D eigenvalue weighted by Crippen LogP contribution is -2.17. The maximum absolute atomic E-state index is 10.7. The molecule has 6 heteroatoms. The van der Waals surface area contributed by atoms with E-state index in [1.54, 1.807) is 6.07 Å². The van der Waals surface area contributed by atoms with Gasteiger partial charge in [-0.25, -0.2) is 4.98 Å². The first-order valence-corrected chi connectivity index (χ1v) is 5.54. The number of anilines is 1. The molecular weight excluding hydrogens is 204 g/mol. The highest BCUT2D eigenvalue weighted by molar-refractivity contribution is 7.85. The Bertz CT molecular complexity index is 399. The van der Waals surface area contributed by atoms with Gasteiger partial charge in [0.05, 0.1) is 6.20 Å². The van der Waals surface area contributed by atoms with Crippen molar-refractivity contribution in [1.29, 1.82) is 0 Å². The zero-order valence-electron chi connectivity index (χ0n) is 8.01. The van der Waals surface area contributed by atoms with Crippen molar-refractivity contribution in [3.8, 4) is 0 Å².